The largest absolute Gasteiger partial charge is 0.416 e. The Morgan fingerprint density at radius 1 is 0.489 bits per heavy atom. The maximum atomic E-state index is 6.67. The summed E-state index contributed by atoms with van der Waals surface area (Å²) in [6.07, 6.45) is 23.3. The van der Waals surface area contributed by atoms with Crippen molar-refractivity contribution >= 4 is 48.3 Å². The number of hydrogen-bond acceptors (Lipinski definition) is 3. The number of rotatable bonds is 24. The number of nitrogens with zero attached hydrogens (tertiary/aromatic N) is 2. The molecule has 0 aliphatic carbocycles. The molecule has 3 nitrogen and oxygen atoms in total. The second-order valence-electron chi connectivity index (χ2n) is 13.6. The van der Waals surface area contributed by atoms with Gasteiger partial charge >= 0.3 is 0 Å². The Hall–Kier alpha value is -0.980. The fourth-order valence-electron chi connectivity index (χ4n) is 7.04. The fourth-order valence-corrected chi connectivity index (χ4v) is 17.5. The monoisotopic (exact) mass is 720 g/mol. The highest BCUT2D eigenvalue weighted by atomic mass is 35.5. The van der Waals surface area contributed by atoms with Gasteiger partial charge in [-0.3, -0.25) is 0 Å². The lowest BCUT2D eigenvalue weighted by Crippen LogP contribution is -2.22. The van der Waals surface area contributed by atoms with E-state index in [9.17, 15) is 0 Å². The normalized spacial score (nSPS) is 12.3. The SMILES string of the molecule is CCCC[P+](CCCC)(CCCC)c1ccc(-c2nnc(-c3ccc([P+](CCCC)(CCCC)CCCC)cc3CCl)o2)c(CCl)c1. The van der Waals surface area contributed by atoms with Gasteiger partial charge < -0.3 is 4.42 Å². The van der Waals surface area contributed by atoms with E-state index in [2.05, 4.69) is 88.1 Å². The van der Waals surface area contributed by atoms with E-state index in [1.165, 1.54) is 125 Å². The molecule has 47 heavy (non-hydrogen) atoms. The molecule has 0 spiro atoms. The van der Waals surface area contributed by atoms with E-state index >= 15 is 0 Å². The minimum atomic E-state index is -1.28. The van der Waals surface area contributed by atoms with E-state index in [0.717, 1.165) is 22.3 Å². The van der Waals surface area contributed by atoms with Crippen LogP contribution in [0.15, 0.2) is 40.8 Å². The fraction of sp³-hybridized carbons (Fsp3) is 0.650. The Morgan fingerprint density at radius 2 is 0.787 bits per heavy atom. The minimum Gasteiger partial charge on any atom is -0.416 e. The van der Waals surface area contributed by atoms with Crippen molar-refractivity contribution in [1.29, 1.82) is 0 Å². The topological polar surface area (TPSA) is 38.9 Å². The third-order valence-corrected chi connectivity index (χ3v) is 20.4. The Labute approximate surface area is 299 Å². The Kier molecular flexibility index (Phi) is 18.3. The molecule has 0 saturated carbocycles. The summed E-state index contributed by atoms with van der Waals surface area (Å²) in [6, 6.07) is 14.0. The molecular formula is C40H64Cl2N2OP2+2. The molecule has 1 heterocycles. The summed E-state index contributed by atoms with van der Waals surface area (Å²) >= 11 is 13.3. The molecular weight excluding hydrogens is 657 g/mol. The zero-order chi connectivity index (χ0) is 34.1. The van der Waals surface area contributed by atoms with Gasteiger partial charge in [-0.2, -0.15) is 0 Å². The predicted octanol–water partition coefficient (Wildman–Crippen LogP) is 13.0. The van der Waals surface area contributed by atoms with Gasteiger partial charge in [-0.15, -0.1) is 33.4 Å². The van der Waals surface area contributed by atoms with Gasteiger partial charge in [-0.1, -0.05) is 80.1 Å². The molecule has 0 bridgehead atoms. The van der Waals surface area contributed by atoms with Gasteiger partial charge in [0.25, 0.3) is 0 Å². The van der Waals surface area contributed by atoms with Crippen LogP contribution in [-0.2, 0) is 11.8 Å². The van der Waals surface area contributed by atoms with Gasteiger partial charge in [0.2, 0.25) is 11.8 Å². The molecule has 0 aliphatic rings. The first-order valence-corrected chi connectivity index (χ1v) is 24.6. The number of aromatic nitrogens is 2. The molecule has 0 atom stereocenters. The Bertz CT molecular complexity index is 1190. The quantitative estimate of drug-likeness (QED) is 0.0683. The van der Waals surface area contributed by atoms with Crippen LogP contribution < -0.4 is 10.6 Å². The van der Waals surface area contributed by atoms with E-state index in [1.807, 2.05) is 0 Å². The lowest BCUT2D eigenvalue weighted by molar-refractivity contribution is 0.583. The van der Waals surface area contributed by atoms with E-state index in [4.69, 9.17) is 27.6 Å². The molecule has 0 N–H and O–H groups in total. The number of alkyl halides is 2. The van der Waals surface area contributed by atoms with Gasteiger partial charge in [0.15, 0.2) is 0 Å². The van der Waals surface area contributed by atoms with Crippen molar-refractivity contribution < 1.29 is 4.42 Å². The van der Waals surface area contributed by atoms with E-state index in [1.54, 1.807) is 0 Å². The van der Waals surface area contributed by atoms with Gasteiger partial charge in [0, 0.05) is 37.4 Å². The molecule has 0 aliphatic heterocycles. The second-order valence-corrected chi connectivity index (χ2v) is 22.4. The molecule has 0 saturated heterocycles. The maximum Gasteiger partial charge on any atom is 0.248 e. The molecule has 262 valence electrons. The van der Waals surface area contributed by atoms with Crippen LogP contribution in [0, 0.1) is 0 Å². The van der Waals surface area contributed by atoms with Crippen molar-refractivity contribution in [2.75, 3.05) is 37.0 Å². The second kappa shape index (κ2) is 21.3. The van der Waals surface area contributed by atoms with Gasteiger partial charge in [0.1, 0.15) is 0 Å². The predicted molar refractivity (Wildman–Crippen MR) is 216 cm³/mol. The minimum absolute atomic E-state index is 0.427. The van der Waals surface area contributed by atoms with Crippen LogP contribution in [0.2, 0.25) is 0 Å². The number of benzene rings is 2. The van der Waals surface area contributed by atoms with Crippen LogP contribution in [0.25, 0.3) is 22.9 Å². The van der Waals surface area contributed by atoms with Gasteiger partial charge in [0.05, 0.1) is 47.6 Å². The summed E-state index contributed by atoms with van der Waals surface area (Å²) in [6.45, 7) is 13.9. The molecule has 0 unspecified atom stereocenters. The summed E-state index contributed by atoms with van der Waals surface area (Å²) in [5.41, 5.74) is 4.10. The van der Waals surface area contributed by atoms with Crippen LogP contribution >= 0.6 is 37.7 Å². The summed E-state index contributed by atoms with van der Waals surface area (Å²) in [7, 11) is -2.56. The highest BCUT2D eigenvalue weighted by Crippen LogP contribution is 2.61. The van der Waals surface area contributed by atoms with Gasteiger partial charge in [-0.05, 0) is 86.1 Å². The molecule has 0 amide bonds. The van der Waals surface area contributed by atoms with Crippen LogP contribution in [0.1, 0.15) is 130 Å². The summed E-state index contributed by atoms with van der Waals surface area (Å²) in [5.74, 6) is 1.94. The van der Waals surface area contributed by atoms with Crippen molar-refractivity contribution in [2.24, 2.45) is 0 Å². The molecule has 1 aromatic heterocycles. The highest BCUT2D eigenvalue weighted by Gasteiger charge is 2.40. The zero-order valence-corrected chi connectivity index (χ0v) is 33.9. The molecule has 0 radical (unpaired) electrons. The molecule has 3 rings (SSSR count). The van der Waals surface area contributed by atoms with E-state index in [-0.39, 0.29) is 0 Å². The maximum absolute atomic E-state index is 6.67. The highest BCUT2D eigenvalue weighted by molar-refractivity contribution is 7.83. The molecule has 7 heteroatoms. The van der Waals surface area contributed by atoms with Crippen molar-refractivity contribution in [3.05, 3.63) is 47.5 Å². The van der Waals surface area contributed by atoms with Crippen molar-refractivity contribution in [3.63, 3.8) is 0 Å². The third kappa shape index (κ3) is 10.8. The summed E-state index contributed by atoms with van der Waals surface area (Å²) < 4.78 is 6.46. The van der Waals surface area contributed by atoms with Crippen LogP contribution in [-0.4, -0.2) is 47.2 Å². The number of unbranched alkanes of at least 4 members (excludes halogenated alkanes) is 6. The zero-order valence-electron chi connectivity index (χ0n) is 30.6. The van der Waals surface area contributed by atoms with Crippen molar-refractivity contribution in [3.8, 4) is 22.9 Å². The van der Waals surface area contributed by atoms with Crippen LogP contribution in [0.4, 0.5) is 0 Å². The molecule has 3 aromatic rings. The van der Waals surface area contributed by atoms with Crippen molar-refractivity contribution in [1.82, 2.24) is 10.2 Å². The molecule has 2 aromatic carbocycles. The Balaban J connectivity index is 2.02. The van der Waals surface area contributed by atoms with E-state index in [0.29, 0.717) is 23.5 Å². The average molecular weight is 722 g/mol. The first-order valence-electron chi connectivity index (χ1n) is 18.9. The smallest absolute Gasteiger partial charge is 0.248 e. The Morgan fingerprint density at radius 3 is 1.04 bits per heavy atom. The third-order valence-electron chi connectivity index (χ3n) is 10.1. The lowest BCUT2D eigenvalue weighted by Gasteiger charge is -2.28. The summed E-state index contributed by atoms with van der Waals surface area (Å²) in [5, 5.41) is 12.2. The van der Waals surface area contributed by atoms with Crippen LogP contribution in [0.5, 0.6) is 0 Å². The van der Waals surface area contributed by atoms with Gasteiger partial charge in [-0.25, -0.2) is 0 Å². The van der Waals surface area contributed by atoms with E-state index < -0.39 is 14.5 Å². The molecule has 0 fully saturated rings. The average Bonchev–Trinajstić information content (AvgIpc) is 3.61. The lowest BCUT2D eigenvalue weighted by atomic mass is 10.1. The first kappa shape index (κ1) is 40.4. The summed E-state index contributed by atoms with van der Waals surface area (Å²) in [4.78, 5) is 0. The first-order chi connectivity index (χ1) is 22.9. The van der Waals surface area contributed by atoms with Crippen LogP contribution in [0.3, 0.4) is 0 Å². The van der Waals surface area contributed by atoms with Crippen molar-refractivity contribution in [2.45, 2.75) is 130 Å². The standard InChI is InChI=1S/C40H64Cl2N2OP2/c1-7-13-23-46(24-14-8-2,25-15-9-3)35-19-21-37(33(29-35)31-41)39-43-44-40(45-39)38-22-20-36(30-34(38)32-42)47(26-16-10-4,27-17-11-5)28-18-12-6/h19-22,29-30H,7-18,23-28,31-32H2,1-6H3/q+2. The number of halogens is 2. The number of hydrogen-bond donors (Lipinski definition) is 0.